The maximum atomic E-state index is 14.3. The lowest BCUT2D eigenvalue weighted by atomic mass is 9.68. The third-order valence-corrected chi connectivity index (χ3v) is 10.1. The lowest BCUT2D eigenvalue weighted by Gasteiger charge is -2.55. The van der Waals surface area contributed by atoms with E-state index in [9.17, 15) is 14.7 Å². The largest absolute Gasteiger partial charge is 0.469 e. The summed E-state index contributed by atoms with van der Waals surface area (Å²) in [6.45, 7) is -0.207. The number of aromatic nitrogens is 2. The summed E-state index contributed by atoms with van der Waals surface area (Å²) in [6.07, 6.45) is 14.2. The molecule has 3 heterocycles. The Morgan fingerprint density at radius 1 is 0.951 bits per heavy atom. The quantitative estimate of drug-likeness (QED) is 0.206. The molecule has 0 spiro atoms. The van der Waals surface area contributed by atoms with Gasteiger partial charge >= 0.3 is 5.97 Å². The van der Waals surface area contributed by atoms with Crippen molar-refractivity contribution in [2.75, 3.05) is 20.3 Å². The number of carbonyl (C=O) groups excluding carboxylic acids is 1. The van der Waals surface area contributed by atoms with Crippen LogP contribution in [0.15, 0.2) is 34.2 Å². The molecule has 4 fully saturated rings. The van der Waals surface area contributed by atoms with Crippen LogP contribution in [0, 0.1) is 11.8 Å². The van der Waals surface area contributed by atoms with Crippen LogP contribution in [0.5, 0.6) is 0 Å². The maximum absolute atomic E-state index is 14.3. The van der Waals surface area contributed by atoms with Gasteiger partial charge in [0.05, 0.1) is 31.2 Å². The van der Waals surface area contributed by atoms with Gasteiger partial charge in [-0.25, -0.2) is 4.98 Å². The molecule has 1 N–H and O–H groups in total. The number of ether oxygens (including phenoxy) is 1. The molecular formula is C32H44N4O5. The fraction of sp³-hybridized carbons (Fsp3) is 0.688. The topological polar surface area (TPSA) is 106 Å². The van der Waals surface area contributed by atoms with Gasteiger partial charge in [-0.3, -0.25) is 14.5 Å². The lowest BCUT2D eigenvalue weighted by Crippen LogP contribution is -2.58. The van der Waals surface area contributed by atoms with E-state index in [0.29, 0.717) is 23.8 Å². The number of carbonyl (C=O) groups is 1. The highest BCUT2D eigenvalue weighted by Crippen LogP contribution is 2.47. The molecule has 3 unspecified atom stereocenters. The Balaban J connectivity index is 1.34. The molecule has 4 aliphatic rings. The fourth-order valence-electron chi connectivity index (χ4n) is 8.53. The van der Waals surface area contributed by atoms with Crippen molar-refractivity contribution >= 4 is 22.7 Å². The second-order valence-electron chi connectivity index (χ2n) is 12.6. The van der Waals surface area contributed by atoms with Crippen molar-refractivity contribution in [2.45, 2.75) is 108 Å². The Morgan fingerprint density at radius 2 is 1.66 bits per heavy atom. The molecule has 9 heteroatoms. The maximum Gasteiger partial charge on any atom is 0.305 e. The Hall–Kier alpha value is -2.78. The number of esters is 1. The summed E-state index contributed by atoms with van der Waals surface area (Å²) in [5.74, 6) is 1.40. The number of hydrogen-bond donors (Lipinski definition) is 1. The normalized spacial score (nSPS) is 30.2. The molecule has 6 rings (SSSR count). The van der Waals surface area contributed by atoms with Crippen LogP contribution in [-0.2, 0) is 14.4 Å². The second-order valence-corrected chi connectivity index (χ2v) is 12.6. The van der Waals surface area contributed by atoms with Crippen molar-refractivity contribution in [3.05, 3.63) is 40.3 Å². The first kappa shape index (κ1) is 28.3. The molecule has 5 atom stereocenters. The number of rotatable bonds is 9. The van der Waals surface area contributed by atoms with Crippen molar-refractivity contribution < 1.29 is 19.5 Å². The minimum absolute atomic E-state index is 0.00576. The first-order valence-corrected chi connectivity index (χ1v) is 15.7. The zero-order valence-electron chi connectivity index (χ0n) is 24.2. The van der Waals surface area contributed by atoms with E-state index in [-0.39, 0.29) is 43.4 Å². The number of benzene rings is 1. The molecule has 222 valence electrons. The van der Waals surface area contributed by atoms with E-state index in [1.54, 1.807) is 0 Å². The second kappa shape index (κ2) is 12.6. The van der Waals surface area contributed by atoms with Gasteiger partial charge in [0.15, 0.2) is 5.69 Å². The summed E-state index contributed by atoms with van der Waals surface area (Å²) in [6, 6.07) is 9.58. The standard InChI is InChI=1S/C32H44N4O5/c1-40-30(38)13-12-28(34-41-15-14-37)31-32(39)36(29-11-3-2-10-27(29)33-31)26-19-23-8-5-9-24(20-26)35(23)25-17-21-6-4-7-22(16-21)18-25/h2-3,10-11,21-26,37H,4-9,12-20H2,1H3/t21?,22?,23-,24+,25?,26?. The van der Waals surface area contributed by atoms with Crippen LogP contribution in [0.2, 0.25) is 0 Å². The van der Waals surface area contributed by atoms with Crippen molar-refractivity contribution in [2.24, 2.45) is 17.0 Å². The van der Waals surface area contributed by atoms with Crippen molar-refractivity contribution in [3.8, 4) is 0 Å². The molecule has 41 heavy (non-hydrogen) atoms. The Morgan fingerprint density at radius 3 is 2.37 bits per heavy atom. The first-order chi connectivity index (χ1) is 20.1. The van der Waals surface area contributed by atoms with Gasteiger partial charge in [-0.15, -0.1) is 0 Å². The van der Waals surface area contributed by atoms with Crippen molar-refractivity contribution in [1.29, 1.82) is 0 Å². The minimum Gasteiger partial charge on any atom is -0.469 e. The lowest BCUT2D eigenvalue weighted by molar-refractivity contribution is -0.140. The Labute approximate surface area is 241 Å². The van der Waals surface area contributed by atoms with E-state index in [1.165, 1.54) is 64.9 Å². The van der Waals surface area contributed by atoms with E-state index >= 15 is 0 Å². The van der Waals surface area contributed by atoms with Crippen LogP contribution in [0.1, 0.15) is 95.2 Å². The van der Waals surface area contributed by atoms with E-state index in [0.717, 1.165) is 35.7 Å². The number of aliphatic hydroxyl groups is 1. The Bertz CT molecular complexity index is 1300. The minimum atomic E-state index is -0.395. The van der Waals surface area contributed by atoms with Crippen LogP contribution < -0.4 is 5.56 Å². The number of oxime groups is 1. The van der Waals surface area contributed by atoms with E-state index in [1.807, 2.05) is 28.8 Å². The van der Waals surface area contributed by atoms with Crippen molar-refractivity contribution in [1.82, 2.24) is 14.5 Å². The van der Waals surface area contributed by atoms with Gasteiger partial charge in [0.1, 0.15) is 12.3 Å². The average molecular weight is 565 g/mol. The summed E-state index contributed by atoms with van der Waals surface area (Å²) in [7, 11) is 1.34. The van der Waals surface area contributed by atoms with Gasteiger partial charge in [0.25, 0.3) is 5.56 Å². The van der Waals surface area contributed by atoms with Gasteiger partial charge in [-0.2, -0.15) is 0 Å². The summed E-state index contributed by atoms with van der Waals surface area (Å²) < 4.78 is 6.79. The molecule has 2 aromatic rings. The summed E-state index contributed by atoms with van der Waals surface area (Å²) in [5, 5.41) is 13.4. The zero-order chi connectivity index (χ0) is 28.3. The van der Waals surface area contributed by atoms with Crippen LogP contribution in [0.4, 0.5) is 0 Å². The summed E-state index contributed by atoms with van der Waals surface area (Å²) in [4.78, 5) is 39.2. The number of para-hydroxylation sites is 2. The van der Waals surface area contributed by atoms with Gasteiger partial charge in [0, 0.05) is 30.6 Å². The third kappa shape index (κ3) is 5.93. The summed E-state index contributed by atoms with van der Waals surface area (Å²) >= 11 is 0. The molecule has 0 radical (unpaired) electrons. The molecule has 1 aromatic carbocycles. The molecule has 2 aliphatic heterocycles. The molecule has 9 nitrogen and oxygen atoms in total. The van der Waals surface area contributed by atoms with Crippen LogP contribution in [-0.4, -0.2) is 69.7 Å². The number of piperidine rings is 2. The van der Waals surface area contributed by atoms with E-state index in [4.69, 9.17) is 14.6 Å². The predicted octanol–water partition coefficient (Wildman–Crippen LogP) is 4.59. The van der Waals surface area contributed by atoms with Crippen molar-refractivity contribution in [3.63, 3.8) is 0 Å². The third-order valence-electron chi connectivity index (χ3n) is 10.1. The first-order valence-electron chi connectivity index (χ1n) is 15.7. The molecule has 1 aromatic heterocycles. The monoisotopic (exact) mass is 564 g/mol. The van der Waals surface area contributed by atoms with E-state index < -0.39 is 5.97 Å². The number of aliphatic hydroxyl groups excluding tert-OH is 1. The molecular weight excluding hydrogens is 520 g/mol. The number of nitrogens with zero attached hydrogens (tertiary/aromatic N) is 4. The zero-order valence-corrected chi connectivity index (χ0v) is 24.2. The SMILES string of the molecule is COC(=O)CCC(=NOCCO)c1nc2ccccc2n(C2C[C@H]3CCC[C@@H](C2)N3C2CC3CCCC(C3)C2)c1=O. The number of methoxy groups -OCH3 is 1. The Kier molecular flexibility index (Phi) is 8.72. The highest BCUT2D eigenvalue weighted by Gasteiger charge is 2.45. The van der Waals surface area contributed by atoms with E-state index in [2.05, 4.69) is 10.1 Å². The molecule has 0 amide bonds. The molecule has 4 bridgehead atoms. The van der Waals surface area contributed by atoms with Gasteiger partial charge in [-0.1, -0.05) is 43.0 Å². The van der Waals surface area contributed by atoms with Crippen LogP contribution in [0.3, 0.4) is 0 Å². The molecule has 2 saturated heterocycles. The van der Waals surface area contributed by atoms with Crippen LogP contribution >= 0.6 is 0 Å². The number of fused-ring (bicyclic) bond motifs is 5. The van der Waals surface area contributed by atoms with Gasteiger partial charge < -0.3 is 19.2 Å². The highest BCUT2D eigenvalue weighted by molar-refractivity contribution is 6.00. The smallest absolute Gasteiger partial charge is 0.305 e. The molecule has 2 aliphatic carbocycles. The molecule has 2 saturated carbocycles. The van der Waals surface area contributed by atoms with Crippen LogP contribution in [0.25, 0.3) is 11.0 Å². The highest BCUT2D eigenvalue weighted by atomic mass is 16.6. The van der Waals surface area contributed by atoms with Gasteiger partial charge in [-0.05, 0) is 68.9 Å². The summed E-state index contributed by atoms with van der Waals surface area (Å²) in [5.41, 5.74) is 1.89. The predicted molar refractivity (Wildman–Crippen MR) is 157 cm³/mol. The number of hydrogen-bond acceptors (Lipinski definition) is 8. The average Bonchev–Trinajstić information content (AvgIpc) is 2.97. The van der Waals surface area contributed by atoms with Gasteiger partial charge in [0.2, 0.25) is 0 Å². The fourth-order valence-corrected chi connectivity index (χ4v) is 8.53.